The fourth-order valence-electron chi connectivity index (χ4n) is 2.56. The van der Waals surface area contributed by atoms with Gasteiger partial charge < -0.3 is 5.32 Å². The van der Waals surface area contributed by atoms with Crippen LogP contribution in [0.15, 0.2) is 54.6 Å². The first-order chi connectivity index (χ1) is 13.4. The summed E-state index contributed by atoms with van der Waals surface area (Å²) in [6.07, 6.45) is 0.785. The van der Waals surface area contributed by atoms with Crippen molar-refractivity contribution < 1.29 is 14.4 Å². The Kier molecular flexibility index (Phi) is 8.02. The Hall–Kier alpha value is -2.86. The zero-order chi connectivity index (χ0) is 20.5. The molecule has 7 heteroatoms. The van der Waals surface area contributed by atoms with Crippen LogP contribution in [-0.2, 0) is 16.0 Å². The minimum Gasteiger partial charge on any atom is -0.340 e. The molecule has 0 saturated carbocycles. The normalized spacial score (nSPS) is 12.5. The molecule has 0 bridgehead atoms. The van der Waals surface area contributed by atoms with Gasteiger partial charge in [0.2, 0.25) is 5.91 Å². The van der Waals surface area contributed by atoms with E-state index in [-0.39, 0.29) is 24.2 Å². The second-order valence-corrected chi connectivity index (χ2v) is 6.98. The van der Waals surface area contributed by atoms with Gasteiger partial charge in [-0.3, -0.25) is 25.2 Å². The third kappa shape index (κ3) is 6.39. The van der Waals surface area contributed by atoms with Gasteiger partial charge in [-0.15, -0.1) is 0 Å². The third-order valence-electron chi connectivity index (χ3n) is 4.42. The summed E-state index contributed by atoms with van der Waals surface area (Å²) in [6, 6.07) is 14.8. The summed E-state index contributed by atoms with van der Waals surface area (Å²) >= 11 is 5.82. The second-order valence-electron chi connectivity index (χ2n) is 6.54. The summed E-state index contributed by atoms with van der Waals surface area (Å²) in [5.41, 5.74) is 6.04. The Balaban J connectivity index is 1.93. The minimum atomic E-state index is -0.770. The minimum absolute atomic E-state index is 0.0990. The quantitative estimate of drug-likeness (QED) is 0.623. The maximum atomic E-state index is 12.6. The monoisotopic (exact) mass is 401 g/mol. The van der Waals surface area contributed by atoms with Gasteiger partial charge in [0.15, 0.2) is 0 Å². The molecule has 0 aliphatic rings. The fraction of sp³-hybridized carbons (Fsp3) is 0.286. The molecular weight excluding hydrogens is 378 g/mol. The van der Waals surface area contributed by atoms with Gasteiger partial charge in [0.25, 0.3) is 11.8 Å². The second kappa shape index (κ2) is 10.5. The van der Waals surface area contributed by atoms with E-state index in [1.807, 2.05) is 19.9 Å². The van der Waals surface area contributed by atoms with E-state index in [4.69, 9.17) is 11.6 Å². The predicted molar refractivity (Wildman–Crippen MR) is 109 cm³/mol. The number of amides is 3. The molecule has 2 aromatic rings. The number of nitrogens with one attached hydrogen (secondary N) is 3. The van der Waals surface area contributed by atoms with E-state index in [0.29, 0.717) is 17.0 Å². The lowest BCUT2D eigenvalue weighted by molar-refractivity contribution is -0.130. The molecule has 3 N–H and O–H groups in total. The summed E-state index contributed by atoms with van der Waals surface area (Å²) in [7, 11) is 0. The van der Waals surface area contributed by atoms with Crippen molar-refractivity contribution in [3.05, 3.63) is 70.7 Å². The van der Waals surface area contributed by atoms with Crippen molar-refractivity contribution in [2.24, 2.45) is 5.92 Å². The lowest BCUT2D eigenvalue weighted by Gasteiger charge is -2.23. The Morgan fingerprint density at radius 1 is 0.964 bits per heavy atom. The van der Waals surface area contributed by atoms with E-state index < -0.39 is 11.9 Å². The summed E-state index contributed by atoms with van der Waals surface area (Å²) in [5.74, 6) is -1.29. The first kappa shape index (κ1) is 21.4. The van der Waals surface area contributed by atoms with Gasteiger partial charge in [-0.25, -0.2) is 0 Å². The third-order valence-corrected chi connectivity index (χ3v) is 4.67. The van der Waals surface area contributed by atoms with E-state index in [9.17, 15) is 14.4 Å². The van der Waals surface area contributed by atoms with Crippen molar-refractivity contribution in [1.29, 1.82) is 0 Å². The Labute approximate surface area is 169 Å². The average molecular weight is 402 g/mol. The highest BCUT2D eigenvalue weighted by molar-refractivity contribution is 6.30. The van der Waals surface area contributed by atoms with Crippen LogP contribution in [0.1, 0.15) is 36.2 Å². The lowest BCUT2D eigenvalue weighted by atomic mass is 9.98. The standard InChI is InChI=1S/C21H24ClN3O3/c1-3-14(2)19(23-20(27)16-7-5-4-6-8-16)21(28)25-24-18(26)13-15-9-11-17(22)12-10-15/h4-12,14,19H,3,13H2,1-2H3,(H,23,27)(H,24,26)(H,25,28)/t14-,19-/m0/s1. The van der Waals surface area contributed by atoms with Crippen LogP contribution >= 0.6 is 11.6 Å². The van der Waals surface area contributed by atoms with Crippen LogP contribution in [0.4, 0.5) is 0 Å². The molecule has 0 saturated heterocycles. The highest BCUT2D eigenvalue weighted by atomic mass is 35.5. The van der Waals surface area contributed by atoms with Crippen LogP contribution in [0.5, 0.6) is 0 Å². The van der Waals surface area contributed by atoms with Crippen molar-refractivity contribution in [2.45, 2.75) is 32.7 Å². The van der Waals surface area contributed by atoms with Crippen LogP contribution < -0.4 is 16.2 Å². The zero-order valence-electron chi connectivity index (χ0n) is 15.9. The molecule has 0 aromatic heterocycles. The van der Waals surface area contributed by atoms with Crippen LogP contribution in [-0.4, -0.2) is 23.8 Å². The van der Waals surface area contributed by atoms with Gasteiger partial charge in [0, 0.05) is 10.6 Å². The molecule has 3 amide bonds. The van der Waals surface area contributed by atoms with E-state index >= 15 is 0 Å². The van der Waals surface area contributed by atoms with Gasteiger partial charge in [-0.1, -0.05) is 62.2 Å². The van der Waals surface area contributed by atoms with E-state index in [0.717, 1.165) is 5.56 Å². The summed E-state index contributed by atoms with van der Waals surface area (Å²) in [4.78, 5) is 37.0. The topological polar surface area (TPSA) is 87.3 Å². The van der Waals surface area contributed by atoms with E-state index in [1.165, 1.54) is 0 Å². The van der Waals surface area contributed by atoms with E-state index in [2.05, 4.69) is 16.2 Å². The predicted octanol–water partition coefficient (Wildman–Crippen LogP) is 2.87. The molecule has 2 aromatic carbocycles. The molecule has 28 heavy (non-hydrogen) atoms. The molecule has 2 rings (SSSR count). The van der Waals surface area contributed by atoms with Crippen LogP contribution in [0.2, 0.25) is 5.02 Å². The van der Waals surface area contributed by atoms with Crippen molar-refractivity contribution in [2.75, 3.05) is 0 Å². The average Bonchev–Trinajstić information content (AvgIpc) is 2.71. The first-order valence-electron chi connectivity index (χ1n) is 9.09. The van der Waals surface area contributed by atoms with E-state index in [1.54, 1.807) is 48.5 Å². The lowest BCUT2D eigenvalue weighted by Crippen LogP contribution is -2.54. The molecule has 0 unspecified atom stereocenters. The molecular formula is C21H24ClN3O3. The molecule has 0 aliphatic heterocycles. The molecule has 6 nitrogen and oxygen atoms in total. The number of hydrazine groups is 1. The van der Waals surface area contributed by atoms with Gasteiger partial charge >= 0.3 is 0 Å². The van der Waals surface area contributed by atoms with Crippen molar-refractivity contribution in [1.82, 2.24) is 16.2 Å². The number of rotatable bonds is 7. The maximum Gasteiger partial charge on any atom is 0.261 e. The summed E-state index contributed by atoms with van der Waals surface area (Å²) in [5, 5.41) is 3.33. The maximum absolute atomic E-state index is 12.6. The van der Waals surface area contributed by atoms with Gasteiger partial charge in [0.1, 0.15) is 6.04 Å². The Bertz CT molecular complexity index is 809. The number of hydrogen-bond acceptors (Lipinski definition) is 3. The summed E-state index contributed by atoms with van der Waals surface area (Å²) in [6.45, 7) is 3.80. The first-order valence-corrected chi connectivity index (χ1v) is 9.47. The van der Waals surface area contributed by atoms with Gasteiger partial charge in [0.05, 0.1) is 6.42 Å². The smallest absolute Gasteiger partial charge is 0.261 e. The SMILES string of the molecule is CC[C@H](C)[C@H](NC(=O)c1ccccc1)C(=O)NNC(=O)Cc1ccc(Cl)cc1. The Morgan fingerprint density at radius 2 is 1.61 bits per heavy atom. The zero-order valence-corrected chi connectivity index (χ0v) is 16.6. The van der Waals surface area contributed by atoms with Gasteiger partial charge in [-0.2, -0.15) is 0 Å². The molecule has 0 radical (unpaired) electrons. The van der Waals surface area contributed by atoms with Gasteiger partial charge in [-0.05, 0) is 35.7 Å². The molecule has 148 valence electrons. The largest absolute Gasteiger partial charge is 0.340 e. The number of halogens is 1. The highest BCUT2D eigenvalue weighted by Gasteiger charge is 2.26. The molecule has 0 heterocycles. The Morgan fingerprint density at radius 3 is 2.21 bits per heavy atom. The highest BCUT2D eigenvalue weighted by Crippen LogP contribution is 2.11. The van der Waals surface area contributed by atoms with Crippen LogP contribution in [0.25, 0.3) is 0 Å². The summed E-state index contributed by atoms with van der Waals surface area (Å²) < 4.78 is 0. The number of carbonyl (C=O) groups is 3. The molecule has 0 fully saturated rings. The van der Waals surface area contributed by atoms with Crippen molar-refractivity contribution >= 4 is 29.3 Å². The number of carbonyl (C=O) groups excluding carboxylic acids is 3. The number of hydrogen-bond donors (Lipinski definition) is 3. The molecule has 0 aliphatic carbocycles. The van der Waals surface area contributed by atoms with Crippen molar-refractivity contribution in [3.63, 3.8) is 0 Å². The fourth-order valence-corrected chi connectivity index (χ4v) is 2.68. The molecule has 0 spiro atoms. The van der Waals surface area contributed by atoms with Crippen LogP contribution in [0.3, 0.4) is 0 Å². The van der Waals surface area contributed by atoms with Crippen LogP contribution in [0, 0.1) is 5.92 Å². The number of benzene rings is 2. The molecule has 2 atom stereocenters. The van der Waals surface area contributed by atoms with Crippen molar-refractivity contribution in [3.8, 4) is 0 Å².